The molecule has 3 rings (SSSR count). The van der Waals surface area contributed by atoms with Crippen LogP contribution in [0.2, 0.25) is 0 Å². The highest BCUT2D eigenvalue weighted by molar-refractivity contribution is 5.89. The number of hydrogen-bond acceptors (Lipinski definition) is 5. The van der Waals surface area contributed by atoms with Crippen LogP contribution in [0.1, 0.15) is 23.1 Å². The first kappa shape index (κ1) is 25.5. The van der Waals surface area contributed by atoms with E-state index in [-0.39, 0.29) is 13.0 Å². The van der Waals surface area contributed by atoms with E-state index in [0.29, 0.717) is 12.8 Å². The number of rotatable bonds is 11. The maximum atomic E-state index is 13.2. The summed E-state index contributed by atoms with van der Waals surface area (Å²) in [5, 5.41) is 5.40. The van der Waals surface area contributed by atoms with Gasteiger partial charge in [0.1, 0.15) is 18.7 Å². The number of hydrogen-bond donors (Lipinski definition) is 2. The first-order valence-corrected chi connectivity index (χ1v) is 11.5. The molecule has 2 N–H and O–H groups in total. The monoisotopic (exact) mass is 474 g/mol. The van der Waals surface area contributed by atoms with Gasteiger partial charge < -0.3 is 20.1 Å². The van der Waals surface area contributed by atoms with Gasteiger partial charge in [0.05, 0.1) is 7.11 Å². The second-order valence-electron chi connectivity index (χ2n) is 8.06. The van der Waals surface area contributed by atoms with E-state index in [0.717, 1.165) is 16.7 Å². The molecule has 0 radical (unpaired) electrons. The van der Waals surface area contributed by atoms with Crippen LogP contribution >= 0.6 is 0 Å². The molecule has 2 amide bonds. The van der Waals surface area contributed by atoms with Crippen molar-refractivity contribution in [1.82, 2.24) is 10.6 Å². The van der Waals surface area contributed by atoms with Crippen LogP contribution in [-0.4, -0.2) is 37.2 Å². The largest absolute Gasteiger partial charge is 0.467 e. The quantitative estimate of drug-likeness (QED) is 0.412. The molecule has 0 saturated carbocycles. The zero-order valence-electron chi connectivity index (χ0n) is 19.7. The van der Waals surface area contributed by atoms with Gasteiger partial charge >= 0.3 is 12.1 Å². The van der Waals surface area contributed by atoms with Crippen molar-refractivity contribution in [3.63, 3.8) is 0 Å². The first-order valence-electron chi connectivity index (χ1n) is 11.5. The van der Waals surface area contributed by atoms with Crippen LogP contribution in [0.3, 0.4) is 0 Å². The number of aryl methyl sites for hydroxylation is 1. The highest BCUT2D eigenvalue weighted by Gasteiger charge is 2.28. The Kier molecular flexibility index (Phi) is 9.87. The lowest BCUT2D eigenvalue weighted by atomic mass is 10.0. The SMILES string of the molecule is COC(=O)[C@@H](CCc1ccccc1)NC(=O)[C@@H](Cc1ccccc1)NC(=O)OCc1ccccc1. The van der Waals surface area contributed by atoms with Gasteiger partial charge in [-0.2, -0.15) is 0 Å². The molecule has 0 bridgehead atoms. The van der Waals surface area contributed by atoms with Gasteiger partial charge in [0, 0.05) is 6.42 Å². The number of nitrogens with one attached hydrogen (secondary N) is 2. The fourth-order valence-corrected chi connectivity index (χ4v) is 3.59. The molecule has 0 aliphatic heterocycles. The van der Waals surface area contributed by atoms with Crippen molar-refractivity contribution in [3.8, 4) is 0 Å². The highest BCUT2D eigenvalue weighted by atomic mass is 16.5. The van der Waals surface area contributed by atoms with Crippen molar-refractivity contribution in [1.29, 1.82) is 0 Å². The van der Waals surface area contributed by atoms with Crippen LogP contribution in [0, 0.1) is 0 Å². The Morgan fingerprint density at radius 2 is 1.26 bits per heavy atom. The standard InChI is InChI=1S/C28H30N2O5/c1-34-27(32)24(18-17-21-11-5-2-6-12-21)29-26(31)25(19-22-13-7-3-8-14-22)30-28(33)35-20-23-15-9-4-10-16-23/h2-16,24-25H,17-20H2,1H3,(H,29,31)(H,30,33)/t24-,25-/m1/s1. The number of carbonyl (C=O) groups is 3. The van der Waals surface area contributed by atoms with E-state index < -0.39 is 30.1 Å². The number of carbonyl (C=O) groups excluding carboxylic acids is 3. The van der Waals surface area contributed by atoms with Gasteiger partial charge in [-0.25, -0.2) is 9.59 Å². The maximum absolute atomic E-state index is 13.2. The Bertz CT molecular complexity index is 1070. The van der Waals surface area contributed by atoms with Gasteiger partial charge in [-0.3, -0.25) is 4.79 Å². The minimum atomic E-state index is -0.940. The molecule has 35 heavy (non-hydrogen) atoms. The molecule has 0 saturated heterocycles. The zero-order chi connectivity index (χ0) is 24.9. The summed E-state index contributed by atoms with van der Waals surface area (Å²) in [5.41, 5.74) is 2.73. The summed E-state index contributed by atoms with van der Waals surface area (Å²) in [6, 6.07) is 26.5. The summed E-state index contributed by atoms with van der Waals surface area (Å²) in [5.74, 6) is -1.03. The van der Waals surface area contributed by atoms with Crippen molar-refractivity contribution in [2.24, 2.45) is 0 Å². The number of methoxy groups -OCH3 is 1. The van der Waals surface area contributed by atoms with Crippen LogP contribution in [0.25, 0.3) is 0 Å². The molecule has 7 heteroatoms. The minimum Gasteiger partial charge on any atom is -0.467 e. The van der Waals surface area contributed by atoms with Crippen molar-refractivity contribution < 1.29 is 23.9 Å². The number of amides is 2. The molecular weight excluding hydrogens is 444 g/mol. The van der Waals surface area contributed by atoms with E-state index in [1.165, 1.54) is 7.11 Å². The number of esters is 1. The molecule has 0 unspecified atom stereocenters. The third-order valence-corrected chi connectivity index (χ3v) is 5.47. The Labute approximate surface area is 205 Å². The van der Waals surface area contributed by atoms with E-state index in [1.807, 2.05) is 91.0 Å². The lowest BCUT2D eigenvalue weighted by Crippen LogP contribution is -2.52. The third-order valence-electron chi connectivity index (χ3n) is 5.47. The average molecular weight is 475 g/mol. The van der Waals surface area contributed by atoms with Crippen LogP contribution in [-0.2, 0) is 38.5 Å². The second-order valence-corrected chi connectivity index (χ2v) is 8.06. The van der Waals surface area contributed by atoms with Crippen LogP contribution < -0.4 is 10.6 Å². The normalized spacial score (nSPS) is 12.1. The molecule has 0 fully saturated rings. The predicted molar refractivity (Wildman–Crippen MR) is 132 cm³/mol. The van der Waals surface area contributed by atoms with Gasteiger partial charge in [-0.15, -0.1) is 0 Å². The van der Waals surface area contributed by atoms with Crippen LogP contribution in [0.4, 0.5) is 4.79 Å². The smallest absolute Gasteiger partial charge is 0.408 e. The average Bonchev–Trinajstić information content (AvgIpc) is 2.90. The summed E-state index contributed by atoms with van der Waals surface area (Å²) in [6.45, 7) is 0.0776. The fourth-order valence-electron chi connectivity index (χ4n) is 3.59. The molecule has 0 spiro atoms. The van der Waals surface area contributed by atoms with Gasteiger partial charge in [-0.05, 0) is 29.5 Å². The summed E-state index contributed by atoms with van der Waals surface area (Å²) < 4.78 is 10.2. The fraction of sp³-hybridized carbons (Fsp3) is 0.250. The van der Waals surface area contributed by atoms with Gasteiger partial charge in [-0.1, -0.05) is 91.0 Å². The molecule has 7 nitrogen and oxygen atoms in total. The second kappa shape index (κ2) is 13.5. The summed E-state index contributed by atoms with van der Waals surface area (Å²) in [6.07, 6.45) is 0.457. The van der Waals surface area contributed by atoms with E-state index in [4.69, 9.17) is 9.47 Å². The lowest BCUT2D eigenvalue weighted by Gasteiger charge is -2.22. The molecule has 3 aromatic carbocycles. The predicted octanol–water partition coefficient (Wildman–Crippen LogP) is 3.81. The zero-order valence-corrected chi connectivity index (χ0v) is 19.7. The number of alkyl carbamates (subject to hydrolysis) is 1. The maximum Gasteiger partial charge on any atom is 0.408 e. The van der Waals surface area contributed by atoms with Crippen molar-refractivity contribution in [3.05, 3.63) is 108 Å². The molecular formula is C28H30N2O5. The van der Waals surface area contributed by atoms with Crippen molar-refractivity contribution in [2.75, 3.05) is 7.11 Å². The Balaban J connectivity index is 1.67. The van der Waals surface area contributed by atoms with Gasteiger partial charge in [0.25, 0.3) is 0 Å². The molecule has 0 aromatic heterocycles. The van der Waals surface area contributed by atoms with Gasteiger partial charge in [0.15, 0.2) is 0 Å². The summed E-state index contributed by atoms with van der Waals surface area (Å²) in [7, 11) is 1.28. The van der Waals surface area contributed by atoms with Crippen LogP contribution in [0.15, 0.2) is 91.0 Å². The topological polar surface area (TPSA) is 93.7 Å². The first-order chi connectivity index (χ1) is 17.0. The minimum absolute atomic E-state index is 0.0776. The molecule has 0 aliphatic rings. The highest BCUT2D eigenvalue weighted by Crippen LogP contribution is 2.09. The number of benzene rings is 3. The lowest BCUT2D eigenvalue weighted by molar-refractivity contribution is -0.145. The third kappa shape index (κ3) is 8.62. The Morgan fingerprint density at radius 3 is 1.83 bits per heavy atom. The van der Waals surface area contributed by atoms with Gasteiger partial charge in [0.2, 0.25) is 5.91 Å². The Morgan fingerprint density at radius 1 is 0.714 bits per heavy atom. The van der Waals surface area contributed by atoms with Crippen molar-refractivity contribution in [2.45, 2.75) is 38.0 Å². The van der Waals surface area contributed by atoms with E-state index >= 15 is 0 Å². The van der Waals surface area contributed by atoms with Crippen LogP contribution in [0.5, 0.6) is 0 Å². The number of ether oxygens (including phenoxy) is 2. The van der Waals surface area contributed by atoms with Crippen molar-refractivity contribution >= 4 is 18.0 Å². The molecule has 0 heterocycles. The summed E-state index contributed by atoms with van der Waals surface area (Å²) in [4.78, 5) is 38.1. The van der Waals surface area contributed by atoms with E-state index in [2.05, 4.69) is 10.6 Å². The summed E-state index contributed by atoms with van der Waals surface area (Å²) >= 11 is 0. The molecule has 2 atom stereocenters. The Hall–Kier alpha value is -4.13. The molecule has 0 aliphatic carbocycles. The molecule has 3 aromatic rings. The molecule has 182 valence electrons. The van der Waals surface area contributed by atoms with E-state index in [1.54, 1.807) is 0 Å². The van der Waals surface area contributed by atoms with E-state index in [9.17, 15) is 14.4 Å².